The standard InChI is InChI=1S/C16H17N3O.2ClH/c1-2-4-16-15(3-1)19(7-8-20-16)13-9-12-10-17-6-5-14(12)18-11-13;;/h1-4,9,11,17H,5-8,10H2;2*1H. The minimum absolute atomic E-state index is 0. The van der Waals surface area contributed by atoms with Crippen LogP contribution in [0.1, 0.15) is 11.3 Å². The maximum absolute atomic E-state index is 5.71. The monoisotopic (exact) mass is 339 g/mol. The van der Waals surface area contributed by atoms with Gasteiger partial charge in [-0.2, -0.15) is 0 Å². The average molecular weight is 340 g/mol. The Kier molecular flexibility index (Phi) is 5.51. The van der Waals surface area contributed by atoms with E-state index >= 15 is 0 Å². The minimum Gasteiger partial charge on any atom is -0.490 e. The van der Waals surface area contributed by atoms with Crippen LogP contribution in [0.25, 0.3) is 0 Å². The number of ether oxygens (including phenoxy) is 1. The zero-order valence-corrected chi connectivity index (χ0v) is 13.8. The topological polar surface area (TPSA) is 37.4 Å². The highest BCUT2D eigenvalue weighted by Crippen LogP contribution is 2.36. The van der Waals surface area contributed by atoms with E-state index in [0.29, 0.717) is 6.61 Å². The minimum atomic E-state index is 0. The van der Waals surface area contributed by atoms with Gasteiger partial charge in [-0.05, 0) is 23.8 Å². The van der Waals surface area contributed by atoms with Crippen molar-refractivity contribution < 1.29 is 4.74 Å². The lowest BCUT2D eigenvalue weighted by Crippen LogP contribution is -2.30. The zero-order valence-electron chi connectivity index (χ0n) is 12.1. The van der Waals surface area contributed by atoms with Crippen molar-refractivity contribution >= 4 is 36.2 Å². The van der Waals surface area contributed by atoms with E-state index in [9.17, 15) is 0 Å². The molecule has 1 N–H and O–H groups in total. The van der Waals surface area contributed by atoms with Gasteiger partial charge < -0.3 is 15.0 Å². The first-order chi connectivity index (χ1) is 9.92. The Balaban J connectivity index is 0.000000882. The van der Waals surface area contributed by atoms with Crippen LogP contribution < -0.4 is 15.0 Å². The van der Waals surface area contributed by atoms with Gasteiger partial charge in [0.1, 0.15) is 12.4 Å². The second-order valence-electron chi connectivity index (χ2n) is 5.19. The number of pyridine rings is 1. The lowest BCUT2D eigenvalue weighted by molar-refractivity contribution is 0.314. The van der Waals surface area contributed by atoms with Crippen LogP contribution in [0.4, 0.5) is 11.4 Å². The summed E-state index contributed by atoms with van der Waals surface area (Å²) in [4.78, 5) is 6.94. The number of nitrogens with zero attached hydrogens (tertiary/aromatic N) is 2. The first-order valence-corrected chi connectivity index (χ1v) is 7.10. The third kappa shape index (κ3) is 3.00. The van der Waals surface area contributed by atoms with E-state index < -0.39 is 0 Å². The average Bonchev–Trinajstić information content (AvgIpc) is 2.54. The maximum Gasteiger partial charge on any atom is 0.143 e. The van der Waals surface area contributed by atoms with E-state index in [2.05, 4.69) is 27.3 Å². The van der Waals surface area contributed by atoms with Crippen molar-refractivity contribution in [2.45, 2.75) is 13.0 Å². The second-order valence-corrected chi connectivity index (χ2v) is 5.19. The van der Waals surface area contributed by atoms with Crippen molar-refractivity contribution in [3.8, 4) is 5.75 Å². The van der Waals surface area contributed by atoms with Gasteiger partial charge in [0.15, 0.2) is 0 Å². The summed E-state index contributed by atoms with van der Waals surface area (Å²) in [5.41, 5.74) is 4.83. The molecule has 0 unspecified atom stereocenters. The quantitative estimate of drug-likeness (QED) is 0.866. The molecule has 0 saturated heterocycles. The van der Waals surface area contributed by atoms with Gasteiger partial charge in [-0.1, -0.05) is 12.1 Å². The summed E-state index contributed by atoms with van der Waals surface area (Å²) in [6.07, 6.45) is 3.02. The Labute approximate surface area is 142 Å². The molecule has 1 aromatic carbocycles. The smallest absolute Gasteiger partial charge is 0.143 e. The van der Waals surface area contributed by atoms with Gasteiger partial charge in [-0.15, -0.1) is 24.8 Å². The highest BCUT2D eigenvalue weighted by molar-refractivity contribution is 5.85. The van der Waals surface area contributed by atoms with Crippen LogP contribution >= 0.6 is 24.8 Å². The normalized spacial score (nSPS) is 15.5. The van der Waals surface area contributed by atoms with Crippen molar-refractivity contribution in [3.05, 3.63) is 47.8 Å². The summed E-state index contributed by atoms with van der Waals surface area (Å²) in [6, 6.07) is 10.4. The number of benzene rings is 1. The molecule has 0 bridgehead atoms. The summed E-state index contributed by atoms with van der Waals surface area (Å²) in [7, 11) is 0. The van der Waals surface area contributed by atoms with Crippen molar-refractivity contribution in [2.24, 2.45) is 0 Å². The predicted octanol–water partition coefficient (Wildman–Crippen LogP) is 3.10. The Morgan fingerprint density at radius 2 is 2.05 bits per heavy atom. The van der Waals surface area contributed by atoms with Gasteiger partial charge in [-0.3, -0.25) is 4.98 Å². The number of nitrogens with one attached hydrogen (secondary N) is 1. The third-order valence-electron chi connectivity index (χ3n) is 3.94. The van der Waals surface area contributed by atoms with Crippen LogP contribution in [0.3, 0.4) is 0 Å². The summed E-state index contributed by atoms with van der Waals surface area (Å²) in [6.45, 7) is 3.53. The molecule has 2 aliphatic rings. The van der Waals surface area contributed by atoms with Crippen molar-refractivity contribution in [1.82, 2.24) is 10.3 Å². The van der Waals surface area contributed by atoms with Gasteiger partial charge in [0.2, 0.25) is 0 Å². The molecule has 0 spiro atoms. The number of aromatic nitrogens is 1. The predicted molar refractivity (Wildman–Crippen MR) is 93.1 cm³/mol. The first-order valence-electron chi connectivity index (χ1n) is 7.10. The first kappa shape index (κ1) is 16.9. The zero-order chi connectivity index (χ0) is 13.4. The SMILES string of the molecule is Cl.Cl.c1ccc2c(c1)OCCN2c1cnc2c(c1)CNCC2. The van der Waals surface area contributed by atoms with Gasteiger partial charge in [0, 0.05) is 25.2 Å². The van der Waals surface area contributed by atoms with Crippen LogP contribution in [-0.4, -0.2) is 24.7 Å². The van der Waals surface area contributed by atoms with Crippen LogP contribution in [0.2, 0.25) is 0 Å². The Bertz CT molecular complexity index is 651. The summed E-state index contributed by atoms with van der Waals surface area (Å²) >= 11 is 0. The lowest BCUT2D eigenvalue weighted by atomic mass is 10.1. The second kappa shape index (κ2) is 7.18. The van der Waals surface area contributed by atoms with E-state index in [1.54, 1.807) is 0 Å². The van der Waals surface area contributed by atoms with E-state index in [0.717, 1.165) is 43.2 Å². The summed E-state index contributed by atoms with van der Waals surface area (Å²) in [5, 5.41) is 3.41. The van der Waals surface area contributed by atoms with Crippen LogP contribution in [0.15, 0.2) is 36.5 Å². The molecule has 2 aliphatic heterocycles. The number of fused-ring (bicyclic) bond motifs is 2. The molecule has 4 nitrogen and oxygen atoms in total. The third-order valence-corrected chi connectivity index (χ3v) is 3.94. The summed E-state index contributed by atoms with van der Waals surface area (Å²) in [5.74, 6) is 0.953. The highest BCUT2D eigenvalue weighted by Gasteiger charge is 2.20. The van der Waals surface area contributed by atoms with Crippen LogP contribution in [0.5, 0.6) is 5.75 Å². The molecule has 0 radical (unpaired) electrons. The van der Waals surface area contributed by atoms with Gasteiger partial charge >= 0.3 is 0 Å². The number of hydrogen-bond donors (Lipinski definition) is 1. The number of rotatable bonds is 1. The lowest BCUT2D eigenvalue weighted by Gasteiger charge is -2.31. The van der Waals surface area contributed by atoms with Crippen LogP contribution in [-0.2, 0) is 13.0 Å². The molecule has 3 heterocycles. The Morgan fingerprint density at radius 3 is 2.95 bits per heavy atom. The van der Waals surface area contributed by atoms with E-state index in [1.807, 2.05) is 24.4 Å². The molecular weight excluding hydrogens is 321 g/mol. The molecule has 118 valence electrons. The molecule has 0 saturated carbocycles. The van der Waals surface area contributed by atoms with E-state index in [-0.39, 0.29) is 24.8 Å². The highest BCUT2D eigenvalue weighted by atomic mass is 35.5. The maximum atomic E-state index is 5.71. The molecule has 0 atom stereocenters. The van der Waals surface area contributed by atoms with Gasteiger partial charge in [0.05, 0.1) is 24.1 Å². The molecule has 0 fully saturated rings. The fourth-order valence-corrected chi connectivity index (χ4v) is 2.92. The molecule has 4 rings (SSSR count). The van der Waals surface area contributed by atoms with E-state index in [1.165, 1.54) is 11.3 Å². The number of hydrogen-bond acceptors (Lipinski definition) is 4. The van der Waals surface area contributed by atoms with Crippen molar-refractivity contribution in [2.75, 3.05) is 24.6 Å². The fourth-order valence-electron chi connectivity index (χ4n) is 2.92. The van der Waals surface area contributed by atoms with Gasteiger partial charge in [-0.25, -0.2) is 0 Å². The number of anilines is 2. The van der Waals surface area contributed by atoms with E-state index in [4.69, 9.17) is 4.74 Å². The summed E-state index contributed by atoms with van der Waals surface area (Å²) < 4.78 is 5.71. The molecular formula is C16H19Cl2N3O. The fraction of sp³-hybridized carbons (Fsp3) is 0.312. The number of halogens is 2. The Hall–Kier alpha value is -1.49. The molecule has 6 heteroatoms. The largest absolute Gasteiger partial charge is 0.490 e. The van der Waals surface area contributed by atoms with Crippen molar-refractivity contribution in [1.29, 1.82) is 0 Å². The number of para-hydroxylation sites is 2. The molecule has 22 heavy (non-hydrogen) atoms. The van der Waals surface area contributed by atoms with Crippen LogP contribution in [0, 0.1) is 0 Å². The molecule has 0 amide bonds. The Morgan fingerprint density at radius 1 is 1.18 bits per heavy atom. The van der Waals surface area contributed by atoms with Gasteiger partial charge in [0.25, 0.3) is 0 Å². The molecule has 2 aromatic rings. The van der Waals surface area contributed by atoms with Crippen molar-refractivity contribution in [3.63, 3.8) is 0 Å². The molecule has 1 aromatic heterocycles. The molecule has 0 aliphatic carbocycles.